The molecule has 0 radical (unpaired) electrons. The zero-order valence-corrected chi connectivity index (χ0v) is 8.67. The quantitative estimate of drug-likeness (QED) is 0.505. The molecule has 1 aromatic rings. The maximum absolute atomic E-state index is 6.14. The number of hydrogen-bond donors (Lipinski definition) is 0. The van der Waals surface area contributed by atoms with Crippen molar-refractivity contribution in [3.05, 3.63) is 48.0 Å². The number of alkyl halides is 1. The summed E-state index contributed by atoms with van der Waals surface area (Å²) >= 11 is 6.14. The highest BCUT2D eigenvalue weighted by atomic mass is 35.5. The zero-order valence-electron chi connectivity index (χ0n) is 7.91. The van der Waals surface area contributed by atoms with Gasteiger partial charge in [-0.2, -0.15) is 0 Å². The molecule has 0 saturated heterocycles. The predicted octanol–water partition coefficient (Wildman–Crippen LogP) is 3.80. The van der Waals surface area contributed by atoms with Gasteiger partial charge >= 0.3 is 0 Å². The van der Waals surface area contributed by atoms with Gasteiger partial charge in [0.2, 0.25) is 0 Å². The van der Waals surface area contributed by atoms with E-state index >= 15 is 0 Å². The molecule has 0 fully saturated rings. The number of halogens is 1. The highest BCUT2D eigenvalue weighted by Gasteiger charge is 2.02. The van der Waals surface area contributed by atoms with Gasteiger partial charge in [-0.3, -0.25) is 0 Å². The van der Waals surface area contributed by atoms with Crippen LogP contribution >= 0.6 is 11.6 Å². The first-order valence-electron chi connectivity index (χ1n) is 4.62. The lowest BCUT2D eigenvalue weighted by Gasteiger charge is -2.05. The van der Waals surface area contributed by atoms with Crippen LogP contribution in [0.4, 0.5) is 0 Å². The summed E-state index contributed by atoms with van der Waals surface area (Å²) in [5.74, 6) is 0. The van der Waals surface area contributed by atoms with E-state index in [9.17, 15) is 0 Å². The van der Waals surface area contributed by atoms with Crippen LogP contribution in [0.3, 0.4) is 0 Å². The Hall–Kier alpha value is -0.750. The molecule has 0 N–H and O–H groups in total. The van der Waals surface area contributed by atoms with E-state index in [1.807, 2.05) is 19.1 Å². The van der Waals surface area contributed by atoms with E-state index in [1.54, 1.807) is 0 Å². The SMILES string of the molecule is CC=CCC(Cl)Cc1ccccc1. The Bertz CT molecular complexity index is 251. The normalized spacial score (nSPS) is 13.4. The standard InChI is InChI=1S/C12H15Cl/c1-2-3-9-12(13)10-11-7-5-4-6-8-11/h2-8,12H,9-10H2,1H3. The molecule has 0 aliphatic heterocycles. The first-order valence-corrected chi connectivity index (χ1v) is 5.05. The van der Waals surface area contributed by atoms with Crippen LogP contribution in [-0.2, 0) is 6.42 Å². The van der Waals surface area contributed by atoms with Crippen LogP contribution in [0, 0.1) is 0 Å². The van der Waals surface area contributed by atoms with Gasteiger partial charge in [0.05, 0.1) is 0 Å². The van der Waals surface area contributed by atoms with Crippen molar-refractivity contribution in [2.45, 2.75) is 25.1 Å². The van der Waals surface area contributed by atoms with Crippen molar-refractivity contribution in [1.29, 1.82) is 0 Å². The molecule has 0 nitrogen and oxygen atoms in total. The average molecular weight is 195 g/mol. The van der Waals surface area contributed by atoms with Crippen LogP contribution in [0.25, 0.3) is 0 Å². The van der Waals surface area contributed by atoms with E-state index in [1.165, 1.54) is 5.56 Å². The Morgan fingerprint density at radius 2 is 2.00 bits per heavy atom. The summed E-state index contributed by atoms with van der Waals surface area (Å²) < 4.78 is 0. The number of hydrogen-bond acceptors (Lipinski definition) is 0. The van der Waals surface area contributed by atoms with Gasteiger partial charge in [-0.05, 0) is 25.3 Å². The molecule has 0 aliphatic carbocycles. The number of benzene rings is 1. The molecule has 1 aromatic carbocycles. The molecule has 70 valence electrons. The third-order valence-corrected chi connectivity index (χ3v) is 2.26. The summed E-state index contributed by atoms with van der Waals surface area (Å²) in [5.41, 5.74) is 1.31. The Kier molecular flexibility index (Phi) is 4.63. The Morgan fingerprint density at radius 1 is 1.31 bits per heavy atom. The van der Waals surface area contributed by atoms with Crippen molar-refractivity contribution in [3.63, 3.8) is 0 Å². The smallest absolute Gasteiger partial charge is 0.0410 e. The van der Waals surface area contributed by atoms with Gasteiger partial charge < -0.3 is 0 Å². The van der Waals surface area contributed by atoms with E-state index in [0.29, 0.717) is 0 Å². The molecule has 0 aliphatic rings. The fourth-order valence-electron chi connectivity index (χ4n) is 1.24. The first-order chi connectivity index (χ1) is 6.33. The third-order valence-electron chi connectivity index (χ3n) is 1.93. The summed E-state index contributed by atoms with van der Waals surface area (Å²) in [6, 6.07) is 10.4. The predicted molar refractivity (Wildman–Crippen MR) is 59.2 cm³/mol. The Balaban J connectivity index is 2.40. The minimum atomic E-state index is 0.221. The van der Waals surface area contributed by atoms with Gasteiger partial charge in [-0.15, -0.1) is 11.6 Å². The molecule has 0 spiro atoms. The van der Waals surface area contributed by atoms with E-state index in [4.69, 9.17) is 11.6 Å². The first kappa shape index (κ1) is 10.3. The summed E-state index contributed by atoms with van der Waals surface area (Å²) in [5, 5.41) is 0.221. The molecule has 1 heteroatoms. The van der Waals surface area contributed by atoms with Gasteiger partial charge in [-0.25, -0.2) is 0 Å². The monoisotopic (exact) mass is 194 g/mol. The van der Waals surface area contributed by atoms with Crippen molar-refractivity contribution >= 4 is 11.6 Å². The van der Waals surface area contributed by atoms with Crippen LogP contribution in [-0.4, -0.2) is 5.38 Å². The van der Waals surface area contributed by atoms with Crippen LogP contribution in [0.1, 0.15) is 18.9 Å². The summed E-state index contributed by atoms with van der Waals surface area (Å²) in [6.07, 6.45) is 6.06. The van der Waals surface area contributed by atoms with Gasteiger partial charge in [0.1, 0.15) is 0 Å². The molecule has 0 heterocycles. The maximum atomic E-state index is 6.14. The van der Waals surface area contributed by atoms with Gasteiger partial charge in [0, 0.05) is 5.38 Å². The van der Waals surface area contributed by atoms with Crippen LogP contribution in [0.2, 0.25) is 0 Å². The molecule has 0 saturated carbocycles. The van der Waals surface area contributed by atoms with Crippen molar-refractivity contribution in [1.82, 2.24) is 0 Å². The second-order valence-corrected chi connectivity index (χ2v) is 3.71. The van der Waals surface area contributed by atoms with E-state index in [-0.39, 0.29) is 5.38 Å². The van der Waals surface area contributed by atoms with Gasteiger partial charge in [-0.1, -0.05) is 42.5 Å². The van der Waals surface area contributed by atoms with Crippen molar-refractivity contribution in [3.8, 4) is 0 Å². The minimum Gasteiger partial charge on any atom is -0.122 e. The average Bonchev–Trinajstić information content (AvgIpc) is 2.16. The summed E-state index contributed by atoms with van der Waals surface area (Å²) in [7, 11) is 0. The Morgan fingerprint density at radius 3 is 2.62 bits per heavy atom. The fourth-order valence-corrected chi connectivity index (χ4v) is 1.52. The van der Waals surface area contributed by atoms with E-state index < -0.39 is 0 Å². The van der Waals surface area contributed by atoms with E-state index in [2.05, 4.69) is 30.3 Å². The second kappa shape index (κ2) is 5.82. The molecule has 1 rings (SSSR count). The highest BCUT2D eigenvalue weighted by molar-refractivity contribution is 6.20. The topological polar surface area (TPSA) is 0 Å². The van der Waals surface area contributed by atoms with Crippen LogP contribution in [0.5, 0.6) is 0 Å². The zero-order chi connectivity index (χ0) is 9.52. The molecule has 0 aromatic heterocycles. The van der Waals surface area contributed by atoms with Crippen molar-refractivity contribution in [2.24, 2.45) is 0 Å². The van der Waals surface area contributed by atoms with Crippen molar-refractivity contribution < 1.29 is 0 Å². The summed E-state index contributed by atoms with van der Waals surface area (Å²) in [4.78, 5) is 0. The summed E-state index contributed by atoms with van der Waals surface area (Å²) in [6.45, 7) is 2.02. The molecule has 0 amide bonds. The van der Waals surface area contributed by atoms with Crippen LogP contribution < -0.4 is 0 Å². The maximum Gasteiger partial charge on any atom is 0.0410 e. The lowest BCUT2D eigenvalue weighted by Crippen LogP contribution is -2.01. The molecular weight excluding hydrogens is 180 g/mol. The highest BCUT2D eigenvalue weighted by Crippen LogP contribution is 2.11. The molecule has 13 heavy (non-hydrogen) atoms. The fraction of sp³-hybridized carbons (Fsp3) is 0.333. The third kappa shape index (κ3) is 4.14. The lowest BCUT2D eigenvalue weighted by atomic mass is 10.1. The number of rotatable bonds is 4. The number of allylic oxidation sites excluding steroid dienone is 2. The van der Waals surface area contributed by atoms with Gasteiger partial charge in [0.25, 0.3) is 0 Å². The molecule has 1 atom stereocenters. The van der Waals surface area contributed by atoms with Crippen LogP contribution in [0.15, 0.2) is 42.5 Å². The largest absolute Gasteiger partial charge is 0.122 e. The molecular formula is C12H15Cl. The molecule has 0 bridgehead atoms. The minimum absolute atomic E-state index is 0.221. The van der Waals surface area contributed by atoms with Gasteiger partial charge in [0.15, 0.2) is 0 Å². The van der Waals surface area contributed by atoms with E-state index in [0.717, 1.165) is 12.8 Å². The van der Waals surface area contributed by atoms with Crippen molar-refractivity contribution in [2.75, 3.05) is 0 Å². The Labute approximate surface area is 85.2 Å². The molecule has 1 unspecified atom stereocenters. The lowest BCUT2D eigenvalue weighted by molar-refractivity contribution is 0.852. The second-order valence-electron chi connectivity index (χ2n) is 3.09.